The molecule has 0 unspecified atom stereocenters. The first-order valence-electron chi connectivity index (χ1n) is 5.80. The third-order valence-electron chi connectivity index (χ3n) is 3.02. The summed E-state index contributed by atoms with van der Waals surface area (Å²) in [5.74, 6) is 0.924. The summed E-state index contributed by atoms with van der Waals surface area (Å²) < 4.78 is 5.79. The Labute approximate surface area is 102 Å². The average molecular weight is 240 g/mol. The van der Waals surface area contributed by atoms with Crippen LogP contribution in [0.15, 0.2) is 12.1 Å². The summed E-state index contributed by atoms with van der Waals surface area (Å²) in [7, 11) is 0. The summed E-state index contributed by atoms with van der Waals surface area (Å²) >= 11 is 6.11. The molecule has 88 valence electrons. The normalized spacial score (nSPS) is 20.1. The molecule has 0 aliphatic carbocycles. The fourth-order valence-electron chi connectivity index (χ4n) is 2.09. The van der Waals surface area contributed by atoms with Crippen LogP contribution in [0.2, 0.25) is 5.02 Å². The monoisotopic (exact) mass is 239 g/mol. The van der Waals surface area contributed by atoms with Gasteiger partial charge in [0.2, 0.25) is 0 Å². The van der Waals surface area contributed by atoms with Crippen LogP contribution in [0.25, 0.3) is 0 Å². The topological polar surface area (TPSA) is 21.3 Å². The van der Waals surface area contributed by atoms with Crippen molar-refractivity contribution in [3.63, 3.8) is 0 Å². The van der Waals surface area contributed by atoms with Crippen molar-refractivity contribution in [3.8, 4) is 5.75 Å². The number of nitrogens with one attached hydrogen (secondary N) is 1. The summed E-state index contributed by atoms with van der Waals surface area (Å²) in [4.78, 5) is 0. The molecule has 1 aromatic carbocycles. The van der Waals surface area contributed by atoms with Crippen LogP contribution < -0.4 is 10.1 Å². The highest BCUT2D eigenvalue weighted by Gasteiger charge is 2.14. The summed E-state index contributed by atoms with van der Waals surface area (Å²) in [6.07, 6.45) is 2.47. The molecule has 0 spiro atoms. The van der Waals surface area contributed by atoms with E-state index >= 15 is 0 Å². The summed E-state index contributed by atoms with van der Waals surface area (Å²) in [6.45, 7) is 5.89. The molecule has 1 fully saturated rings. The SMILES string of the molecule is Cc1cc(OC[C@@H]2CCCN2)cc(C)c1Cl. The number of rotatable bonds is 3. The van der Waals surface area contributed by atoms with Gasteiger partial charge in [-0.2, -0.15) is 0 Å². The Bertz CT molecular complexity index is 349. The van der Waals surface area contributed by atoms with Gasteiger partial charge in [-0.1, -0.05) is 11.6 Å². The maximum Gasteiger partial charge on any atom is 0.120 e. The van der Waals surface area contributed by atoms with Crippen LogP contribution in [-0.2, 0) is 0 Å². The highest BCUT2D eigenvalue weighted by Crippen LogP contribution is 2.26. The molecule has 1 N–H and O–H groups in total. The predicted molar refractivity (Wildman–Crippen MR) is 67.4 cm³/mol. The van der Waals surface area contributed by atoms with Crippen LogP contribution in [-0.4, -0.2) is 19.2 Å². The number of ether oxygens (including phenoxy) is 1. The lowest BCUT2D eigenvalue weighted by Gasteiger charge is -2.13. The Kier molecular flexibility index (Phi) is 3.72. The van der Waals surface area contributed by atoms with Gasteiger partial charge >= 0.3 is 0 Å². The molecule has 1 aromatic rings. The van der Waals surface area contributed by atoms with Crippen molar-refractivity contribution in [3.05, 3.63) is 28.3 Å². The molecule has 0 bridgehead atoms. The van der Waals surface area contributed by atoms with Crippen molar-refractivity contribution >= 4 is 11.6 Å². The van der Waals surface area contributed by atoms with Crippen molar-refractivity contribution < 1.29 is 4.74 Å². The number of hydrogen-bond acceptors (Lipinski definition) is 2. The molecule has 3 heteroatoms. The Morgan fingerprint density at radius 2 is 2.06 bits per heavy atom. The molecule has 1 saturated heterocycles. The van der Waals surface area contributed by atoms with Crippen LogP contribution in [0.1, 0.15) is 24.0 Å². The second kappa shape index (κ2) is 5.07. The van der Waals surface area contributed by atoms with Gasteiger partial charge in [0.05, 0.1) is 0 Å². The third kappa shape index (κ3) is 2.69. The fourth-order valence-corrected chi connectivity index (χ4v) is 2.19. The van der Waals surface area contributed by atoms with Crippen LogP contribution in [0.4, 0.5) is 0 Å². The van der Waals surface area contributed by atoms with E-state index in [0.717, 1.165) is 35.1 Å². The maximum absolute atomic E-state index is 6.11. The van der Waals surface area contributed by atoms with Gasteiger partial charge in [0.15, 0.2) is 0 Å². The van der Waals surface area contributed by atoms with Gasteiger partial charge in [0.1, 0.15) is 12.4 Å². The van der Waals surface area contributed by atoms with Gasteiger partial charge in [0, 0.05) is 11.1 Å². The summed E-state index contributed by atoms with van der Waals surface area (Å²) in [6, 6.07) is 4.52. The highest BCUT2D eigenvalue weighted by molar-refractivity contribution is 6.32. The van der Waals surface area contributed by atoms with Gasteiger partial charge in [-0.25, -0.2) is 0 Å². The zero-order valence-electron chi connectivity index (χ0n) is 9.85. The number of halogens is 1. The lowest BCUT2D eigenvalue weighted by Crippen LogP contribution is -2.28. The second-order valence-electron chi connectivity index (χ2n) is 4.48. The van der Waals surface area contributed by atoms with E-state index in [1.165, 1.54) is 12.8 Å². The highest BCUT2D eigenvalue weighted by atomic mass is 35.5. The predicted octanol–water partition coefficient (Wildman–Crippen LogP) is 3.09. The van der Waals surface area contributed by atoms with E-state index in [9.17, 15) is 0 Å². The minimum atomic E-state index is 0.510. The quantitative estimate of drug-likeness (QED) is 0.875. The molecule has 1 aliphatic rings. The average Bonchev–Trinajstić information content (AvgIpc) is 2.75. The van der Waals surface area contributed by atoms with Crippen molar-refractivity contribution in [1.29, 1.82) is 0 Å². The van der Waals surface area contributed by atoms with Crippen LogP contribution in [0.3, 0.4) is 0 Å². The Morgan fingerprint density at radius 3 is 2.62 bits per heavy atom. The van der Waals surface area contributed by atoms with E-state index < -0.39 is 0 Å². The van der Waals surface area contributed by atoms with E-state index in [1.54, 1.807) is 0 Å². The maximum atomic E-state index is 6.11. The molecule has 2 nitrogen and oxygen atoms in total. The van der Waals surface area contributed by atoms with Crippen molar-refractivity contribution in [2.45, 2.75) is 32.7 Å². The standard InChI is InChI=1S/C13H18ClNO/c1-9-6-12(7-10(2)13(9)14)16-8-11-4-3-5-15-11/h6-7,11,15H,3-5,8H2,1-2H3/t11-/m0/s1. The Balaban J connectivity index is 1.98. The molecule has 0 aromatic heterocycles. The van der Waals surface area contributed by atoms with Crippen LogP contribution >= 0.6 is 11.6 Å². The lowest BCUT2D eigenvalue weighted by molar-refractivity contribution is 0.277. The van der Waals surface area contributed by atoms with E-state index in [0.29, 0.717) is 6.04 Å². The van der Waals surface area contributed by atoms with Crippen LogP contribution in [0, 0.1) is 13.8 Å². The molecule has 0 radical (unpaired) electrons. The minimum absolute atomic E-state index is 0.510. The first-order valence-corrected chi connectivity index (χ1v) is 6.17. The molecule has 2 rings (SSSR count). The molecular weight excluding hydrogens is 222 g/mol. The minimum Gasteiger partial charge on any atom is -0.492 e. The fraction of sp³-hybridized carbons (Fsp3) is 0.538. The van der Waals surface area contributed by atoms with Gasteiger partial charge in [-0.15, -0.1) is 0 Å². The number of benzene rings is 1. The molecule has 0 saturated carbocycles. The first kappa shape index (κ1) is 11.7. The Morgan fingerprint density at radius 1 is 1.38 bits per heavy atom. The molecule has 1 atom stereocenters. The van der Waals surface area contributed by atoms with Crippen LogP contribution in [0.5, 0.6) is 5.75 Å². The molecule has 1 heterocycles. The Hall–Kier alpha value is -0.730. The smallest absolute Gasteiger partial charge is 0.120 e. The number of hydrogen-bond donors (Lipinski definition) is 1. The van der Waals surface area contributed by atoms with E-state index in [4.69, 9.17) is 16.3 Å². The summed E-state index contributed by atoms with van der Waals surface area (Å²) in [5.41, 5.74) is 2.16. The van der Waals surface area contributed by atoms with Crippen molar-refractivity contribution in [1.82, 2.24) is 5.32 Å². The molecular formula is C13H18ClNO. The third-order valence-corrected chi connectivity index (χ3v) is 3.62. The van der Waals surface area contributed by atoms with Crippen molar-refractivity contribution in [2.24, 2.45) is 0 Å². The second-order valence-corrected chi connectivity index (χ2v) is 4.85. The largest absolute Gasteiger partial charge is 0.492 e. The van der Waals surface area contributed by atoms with E-state index in [2.05, 4.69) is 5.32 Å². The molecule has 0 amide bonds. The van der Waals surface area contributed by atoms with Crippen molar-refractivity contribution in [2.75, 3.05) is 13.2 Å². The zero-order valence-corrected chi connectivity index (χ0v) is 10.6. The van der Waals surface area contributed by atoms with E-state index in [1.807, 2.05) is 26.0 Å². The molecule has 16 heavy (non-hydrogen) atoms. The van der Waals surface area contributed by atoms with E-state index in [-0.39, 0.29) is 0 Å². The van der Waals surface area contributed by atoms with Gasteiger partial charge in [0.25, 0.3) is 0 Å². The first-order chi connectivity index (χ1) is 7.66. The zero-order chi connectivity index (χ0) is 11.5. The number of aryl methyl sites for hydroxylation is 2. The van der Waals surface area contributed by atoms with Gasteiger partial charge < -0.3 is 10.1 Å². The van der Waals surface area contributed by atoms with Gasteiger partial charge in [-0.3, -0.25) is 0 Å². The summed E-state index contributed by atoms with van der Waals surface area (Å²) in [5, 5.41) is 4.26. The molecule has 1 aliphatic heterocycles. The van der Waals surface area contributed by atoms with Gasteiger partial charge in [-0.05, 0) is 56.5 Å². The lowest BCUT2D eigenvalue weighted by atomic mass is 10.1.